The van der Waals surface area contributed by atoms with Crippen LogP contribution in [0.15, 0.2) is 0 Å². The third-order valence-electron chi connectivity index (χ3n) is 2.81. The van der Waals surface area contributed by atoms with E-state index in [0.29, 0.717) is 19.5 Å². The van der Waals surface area contributed by atoms with E-state index in [-0.39, 0.29) is 17.8 Å². The lowest BCUT2D eigenvalue weighted by molar-refractivity contribution is 0.0976. The normalized spacial score (nSPS) is 13.0. The molecule has 0 aliphatic carbocycles. The van der Waals surface area contributed by atoms with Crippen LogP contribution in [0.4, 0.5) is 0 Å². The predicted molar refractivity (Wildman–Crippen MR) is 74.3 cm³/mol. The molecule has 0 aliphatic rings. The van der Waals surface area contributed by atoms with Gasteiger partial charge >= 0.3 is 0 Å². The highest BCUT2D eigenvalue weighted by Gasteiger charge is 2.14. The third-order valence-corrected chi connectivity index (χ3v) is 3.92. The number of ketones is 1. The Morgan fingerprint density at radius 2 is 2.11 bits per heavy atom. The van der Waals surface area contributed by atoms with Gasteiger partial charge in [-0.1, -0.05) is 13.8 Å². The summed E-state index contributed by atoms with van der Waals surface area (Å²) in [7, 11) is 0. The Labute approximate surface area is 112 Å². The van der Waals surface area contributed by atoms with Gasteiger partial charge in [-0.2, -0.15) is 0 Å². The molecule has 2 N–H and O–H groups in total. The van der Waals surface area contributed by atoms with Gasteiger partial charge in [-0.05, 0) is 19.8 Å². The summed E-state index contributed by atoms with van der Waals surface area (Å²) in [5.74, 6) is 0.365. The molecule has 0 aliphatic heterocycles. The summed E-state index contributed by atoms with van der Waals surface area (Å²) in [5, 5.41) is 13.6. The zero-order chi connectivity index (χ0) is 13.7. The number of aliphatic hydroxyl groups is 1. The van der Waals surface area contributed by atoms with Crippen molar-refractivity contribution in [2.75, 3.05) is 13.1 Å². The lowest BCUT2D eigenvalue weighted by Gasteiger charge is -2.14. The molecule has 1 heterocycles. The van der Waals surface area contributed by atoms with Crippen LogP contribution in [-0.4, -0.2) is 35.1 Å². The number of aromatic nitrogens is 1. The Hall–Kier alpha value is -0.780. The van der Waals surface area contributed by atoms with E-state index in [1.807, 2.05) is 27.7 Å². The first-order valence-corrected chi connectivity index (χ1v) is 7.09. The Kier molecular flexibility index (Phi) is 5.91. The number of thiazole rings is 1. The fourth-order valence-corrected chi connectivity index (χ4v) is 2.48. The maximum atomic E-state index is 11.9. The first-order valence-electron chi connectivity index (χ1n) is 6.27. The van der Waals surface area contributed by atoms with Gasteiger partial charge in [0, 0.05) is 19.5 Å². The summed E-state index contributed by atoms with van der Waals surface area (Å²) >= 11 is 1.45. The number of rotatable bonds is 7. The van der Waals surface area contributed by atoms with Crippen molar-refractivity contribution in [2.24, 2.45) is 5.92 Å². The summed E-state index contributed by atoms with van der Waals surface area (Å²) < 4.78 is 0. The number of nitrogens with zero attached hydrogens (tertiary/aromatic N) is 1. The van der Waals surface area contributed by atoms with Gasteiger partial charge in [-0.25, -0.2) is 4.98 Å². The number of hydrogen-bond acceptors (Lipinski definition) is 5. The summed E-state index contributed by atoms with van der Waals surface area (Å²) in [6.45, 7) is 8.85. The van der Waals surface area contributed by atoms with Gasteiger partial charge in [0.2, 0.25) is 0 Å². The van der Waals surface area contributed by atoms with Crippen molar-refractivity contribution in [1.82, 2.24) is 10.3 Å². The van der Waals surface area contributed by atoms with Gasteiger partial charge in [0.25, 0.3) is 0 Å². The predicted octanol–water partition coefficient (Wildman–Crippen LogP) is 1.94. The van der Waals surface area contributed by atoms with E-state index in [1.54, 1.807) is 0 Å². The van der Waals surface area contributed by atoms with E-state index in [0.717, 1.165) is 15.6 Å². The van der Waals surface area contributed by atoms with Crippen LogP contribution in [0.1, 0.15) is 40.6 Å². The number of Topliss-reactive ketones (excluding diaryl/α,β-unsaturated/α-hetero) is 1. The molecule has 1 atom stereocenters. The lowest BCUT2D eigenvalue weighted by atomic mass is 10.1. The Morgan fingerprint density at radius 3 is 2.61 bits per heavy atom. The molecule has 4 nitrogen and oxygen atoms in total. The monoisotopic (exact) mass is 270 g/mol. The average Bonchev–Trinajstić information content (AvgIpc) is 2.63. The number of aryl methyl sites for hydroxylation is 2. The van der Waals surface area contributed by atoms with Crippen LogP contribution in [0.25, 0.3) is 0 Å². The maximum absolute atomic E-state index is 11.9. The van der Waals surface area contributed by atoms with E-state index in [9.17, 15) is 9.90 Å². The quantitative estimate of drug-likeness (QED) is 0.587. The standard InChI is InChI=1S/C13H22N2O2S/c1-8(2)12(17)7-14-6-5-11(16)13-9(3)15-10(4)18-13/h8,12,14,17H,5-7H2,1-4H3. The lowest BCUT2D eigenvalue weighted by Crippen LogP contribution is -2.31. The second-order valence-electron chi connectivity index (χ2n) is 4.84. The third kappa shape index (κ3) is 4.48. The zero-order valence-corrected chi connectivity index (χ0v) is 12.3. The van der Waals surface area contributed by atoms with Crippen molar-refractivity contribution in [2.45, 2.75) is 40.2 Å². The van der Waals surface area contributed by atoms with E-state index < -0.39 is 0 Å². The summed E-state index contributed by atoms with van der Waals surface area (Å²) in [5.41, 5.74) is 0.824. The highest BCUT2D eigenvalue weighted by molar-refractivity contribution is 7.13. The molecular formula is C13H22N2O2S. The van der Waals surface area contributed by atoms with E-state index in [2.05, 4.69) is 10.3 Å². The smallest absolute Gasteiger partial charge is 0.175 e. The second kappa shape index (κ2) is 6.97. The fourth-order valence-electron chi connectivity index (χ4n) is 1.59. The van der Waals surface area contributed by atoms with Crippen LogP contribution < -0.4 is 5.32 Å². The fraction of sp³-hybridized carbons (Fsp3) is 0.692. The Bertz CT molecular complexity index is 402. The molecule has 0 bridgehead atoms. The van der Waals surface area contributed by atoms with E-state index in [4.69, 9.17) is 0 Å². The van der Waals surface area contributed by atoms with Crippen molar-refractivity contribution in [3.8, 4) is 0 Å². The second-order valence-corrected chi connectivity index (χ2v) is 6.04. The van der Waals surface area contributed by atoms with E-state index >= 15 is 0 Å². The molecule has 0 saturated heterocycles. The molecule has 1 aromatic heterocycles. The van der Waals surface area contributed by atoms with Gasteiger partial charge in [-0.15, -0.1) is 11.3 Å². The first kappa shape index (κ1) is 15.3. The number of hydrogen-bond donors (Lipinski definition) is 2. The molecule has 5 heteroatoms. The topological polar surface area (TPSA) is 62.2 Å². The molecule has 0 spiro atoms. The van der Waals surface area contributed by atoms with Gasteiger partial charge in [-0.3, -0.25) is 4.79 Å². The summed E-state index contributed by atoms with van der Waals surface area (Å²) in [6, 6.07) is 0. The number of nitrogens with one attached hydrogen (secondary N) is 1. The van der Waals surface area contributed by atoms with Crippen LogP contribution in [0.5, 0.6) is 0 Å². The maximum Gasteiger partial charge on any atom is 0.175 e. The molecule has 102 valence electrons. The molecule has 18 heavy (non-hydrogen) atoms. The Morgan fingerprint density at radius 1 is 1.44 bits per heavy atom. The first-order chi connectivity index (χ1) is 8.41. The van der Waals surface area contributed by atoms with Crippen LogP contribution >= 0.6 is 11.3 Å². The largest absolute Gasteiger partial charge is 0.392 e. The molecule has 1 unspecified atom stereocenters. The molecule has 0 fully saturated rings. The van der Waals surface area contributed by atoms with Gasteiger partial charge in [0.05, 0.1) is 21.7 Å². The molecular weight excluding hydrogens is 248 g/mol. The van der Waals surface area contributed by atoms with Gasteiger partial charge < -0.3 is 10.4 Å². The van der Waals surface area contributed by atoms with Crippen molar-refractivity contribution < 1.29 is 9.90 Å². The average molecular weight is 270 g/mol. The summed E-state index contributed by atoms with van der Waals surface area (Å²) in [6.07, 6.45) is 0.0975. The van der Waals surface area contributed by atoms with Crippen LogP contribution in [0, 0.1) is 19.8 Å². The van der Waals surface area contributed by atoms with Gasteiger partial charge in [0.15, 0.2) is 5.78 Å². The van der Waals surface area contributed by atoms with Crippen LogP contribution in [0.2, 0.25) is 0 Å². The molecule has 0 saturated carbocycles. The number of aliphatic hydroxyl groups excluding tert-OH is 1. The summed E-state index contributed by atoms with van der Waals surface area (Å²) in [4.78, 5) is 16.9. The Balaban J connectivity index is 2.32. The minimum absolute atomic E-state index is 0.129. The number of carbonyl (C=O) groups excluding carboxylic acids is 1. The SMILES string of the molecule is Cc1nc(C)c(C(=O)CCNCC(O)C(C)C)s1. The van der Waals surface area contributed by atoms with E-state index in [1.165, 1.54) is 11.3 Å². The van der Waals surface area contributed by atoms with Crippen LogP contribution in [0.3, 0.4) is 0 Å². The van der Waals surface area contributed by atoms with Crippen LogP contribution in [-0.2, 0) is 0 Å². The minimum atomic E-state index is -0.354. The molecule has 0 radical (unpaired) electrons. The minimum Gasteiger partial charge on any atom is -0.392 e. The molecule has 1 rings (SSSR count). The van der Waals surface area contributed by atoms with Gasteiger partial charge in [0.1, 0.15) is 0 Å². The molecule has 0 amide bonds. The van der Waals surface area contributed by atoms with Crippen molar-refractivity contribution in [3.63, 3.8) is 0 Å². The molecule has 0 aromatic carbocycles. The highest BCUT2D eigenvalue weighted by atomic mass is 32.1. The zero-order valence-electron chi connectivity index (χ0n) is 11.5. The molecule has 1 aromatic rings. The van der Waals surface area contributed by atoms with Crippen molar-refractivity contribution >= 4 is 17.1 Å². The highest BCUT2D eigenvalue weighted by Crippen LogP contribution is 2.18. The van der Waals surface area contributed by atoms with Crippen molar-refractivity contribution in [3.05, 3.63) is 15.6 Å². The van der Waals surface area contributed by atoms with Crippen molar-refractivity contribution in [1.29, 1.82) is 0 Å². The number of carbonyl (C=O) groups is 1.